The van der Waals surface area contributed by atoms with E-state index < -0.39 is 29.3 Å². The molecule has 0 unspecified atom stereocenters. The topological polar surface area (TPSA) is 91.8 Å². The van der Waals surface area contributed by atoms with Crippen LogP contribution >= 0.6 is 0 Å². The third-order valence-electron chi connectivity index (χ3n) is 1.61. The zero-order chi connectivity index (χ0) is 12.1. The Balaban J connectivity index is 2.92. The number of nitrogens with one attached hydrogen (secondary N) is 1. The number of halogens is 2. The maximum atomic E-state index is 11.8. The highest BCUT2D eigenvalue weighted by atomic mass is 19.3. The van der Waals surface area contributed by atoms with Crippen LogP contribution in [0.4, 0.5) is 20.3 Å². The van der Waals surface area contributed by atoms with Crippen LogP contribution in [-0.4, -0.2) is 22.9 Å². The number of anilines is 1. The van der Waals surface area contributed by atoms with Gasteiger partial charge in [-0.25, -0.2) is 13.8 Å². The zero-order valence-corrected chi connectivity index (χ0v) is 7.85. The molecule has 0 aliphatic rings. The van der Waals surface area contributed by atoms with Crippen molar-refractivity contribution in [3.63, 3.8) is 0 Å². The normalized spacial score (nSPS) is 9.88. The SMILES string of the molecule is N#Cc1nc(NCC(F)F)ccc1[N+](=O)[O-]. The molecular weight excluding hydrogens is 222 g/mol. The summed E-state index contributed by atoms with van der Waals surface area (Å²) in [6.07, 6.45) is -2.57. The molecule has 0 saturated heterocycles. The molecule has 8 heteroatoms. The van der Waals surface area contributed by atoms with Crippen molar-refractivity contribution in [1.29, 1.82) is 5.26 Å². The molecule has 0 radical (unpaired) electrons. The second-order valence-electron chi connectivity index (χ2n) is 2.71. The first-order chi connectivity index (χ1) is 7.54. The van der Waals surface area contributed by atoms with E-state index in [1.807, 2.05) is 0 Å². The number of alkyl halides is 2. The Morgan fingerprint density at radius 3 is 2.81 bits per heavy atom. The van der Waals surface area contributed by atoms with E-state index in [9.17, 15) is 18.9 Å². The van der Waals surface area contributed by atoms with Crippen molar-refractivity contribution in [2.75, 3.05) is 11.9 Å². The Hall–Kier alpha value is -2.30. The molecule has 1 aromatic rings. The standard InChI is InChI=1S/C8H6F2N4O2/c9-7(10)4-12-8-2-1-6(14(15)16)5(3-11)13-8/h1-2,7H,4H2,(H,12,13). The predicted octanol–water partition coefficient (Wildman–Crippen LogP) is 1.54. The zero-order valence-electron chi connectivity index (χ0n) is 7.85. The second-order valence-corrected chi connectivity index (χ2v) is 2.71. The van der Waals surface area contributed by atoms with Gasteiger partial charge < -0.3 is 5.32 Å². The number of hydrogen-bond acceptors (Lipinski definition) is 5. The van der Waals surface area contributed by atoms with Gasteiger partial charge in [0.1, 0.15) is 11.9 Å². The largest absolute Gasteiger partial charge is 0.364 e. The van der Waals surface area contributed by atoms with E-state index >= 15 is 0 Å². The first-order valence-electron chi connectivity index (χ1n) is 4.12. The monoisotopic (exact) mass is 228 g/mol. The number of pyridine rings is 1. The van der Waals surface area contributed by atoms with Crippen LogP contribution in [0.1, 0.15) is 5.69 Å². The highest BCUT2D eigenvalue weighted by Gasteiger charge is 2.15. The summed E-state index contributed by atoms with van der Waals surface area (Å²) >= 11 is 0. The Bertz CT molecular complexity index is 444. The van der Waals surface area contributed by atoms with Crippen LogP contribution in [0.15, 0.2) is 12.1 Å². The molecule has 16 heavy (non-hydrogen) atoms. The molecule has 0 aromatic carbocycles. The fourth-order valence-corrected chi connectivity index (χ4v) is 0.962. The van der Waals surface area contributed by atoms with E-state index in [1.165, 1.54) is 12.1 Å². The fraction of sp³-hybridized carbons (Fsp3) is 0.250. The van der Waals surface area contributed by atoms with Crippen LogP contribution in [0, 0.1) is 21.4 Å². The highest BCUT2D eigenvalue weighted by molar-refractivity contribution is 5.50. The summed E-state index contributed by atoms with van der Waals surface area (Å²) < 4.78 is 23.7. The van der Waals surface area contributed by atoms with Gasteiger partial charge in [0.15, 0.2) is 0 Å². The first-order valence-corrected chi connectivity index (χ1v) is 4.12. The van der Waals surface area contributed by atoms with Crippen LogP contribution in [0.5, 0.6) is 0 Å². The number of hydrogen-bond donors (Lipinski definition) is 1. The number of nitro groups is 1. The van der Waals surface area contributed by atoms with Gasteiger partial charge in [-0.3, -0.25) is 10.1 Å². The third kappa shape index (κ3) is 2.84. The van der Waals surface area contributed by atoms with Gasteiger partial charge in [0, 0.05) is 6.07 Å². The summed E-state index contributed by atoms with van der Waals surface area (Å²) in [6.45, 7) is -0.629. The highest BCUT2D eigenvalue weighted by Crippen LogP contribution is 2.17. The lowest BCUT2D eigenvalue weighted by Crippen LogP contribution is -2.11. The van der Waals surface area contributed by atoms with Gasteiger partial charge in [-0.1, -0.05) is 0 Å². The maximum Gasteiger partial charge on any atom is 0.305 e. The second kappa shape index (κ2) is 4.97. The fourth-order valence-electron chi connectivity index (χ4n) is 0.962. The molecule has 6 nitrogen and oxygen atoms in total. The molecule has 0 bridgehead atoms. The van der Waals surface area contributed by atoms with Crippen LogP contribution in [0.3, 0.4) is 0 Å². The summed E-state index contributed by atoms with van der Waals surface area (Å²) in [5, 5.41) is 21.3. The molecule has 0 amide bonds. The van der Waals surface area contributed by atoms with Crippen molar-refractivity contribution in [3.05, 3.63) is 27.9 Å². The van der Waals surface area contributed by atoms with Crippen LogP contribution in [0.2, 0.25) is 0 Å². The van der Waals surface area contributed by atoms with Gasteiger partial charge >= 0.3 is 5.69 Å². The van der Waals surface area contributed by atoms with Crippen molar-refractivity contribution >= 4 is 11.5 Å². The molecule has 0 spiro atoms. The smallest absolute Gasteiger partial charge is 0.305 e. The Kier molecular flexibility index (Phi) is 3.66. The summed E-state index contributed by atoms with van der Waals surface area (Å²) in [6, 6.07) is 3.73. The molecule has 1 aromatic heterocycles. The van der Waals surface area contributed by atoms with Crippen molar-refractivity contribution in [3.8, 4) is 6.07 Å². The van der Waals surface area contributed by atoms with Crippen molar-refractivity contribution in [2.45, 2.75) is 6.43 Å². The van der Waals surface area contributed by atoms with E-state index in [-0.39, 0.29) is 5.82 Å². The lowest BCUT2D eigenvalue weighted by atomic mass is 10.3. The number of nitrogens with zero attached hydrogens (tertiary/aromatic N) is 3. The van der Waals surface area contributed by atoms with Gasteiger partial charge in [0.2, 0.25) is 5.69 Å². The Morgan fingerprint density at radius 2 is 2.31 bits per heavy atom. The molecular formula is C8H6F2N4O2. The third-order valence-corrected chi connectivity index (χ3v) is 1.61. The average molecular weight is 228 g/mol. The Morgan fingerprint density at radius 1 is 1.62 bits per heavy atom. The van der Waals surface area contributed by atoms with Gasteiger partial charge in [-0.05, 0) is 6.07 Å². The molecule has 0 atom stereocenters. The average Bonchev–Trinajstić information content (AvgIpc) is 2.25. The van der Waals surface area contributed by atoms with Crippen LogP contribution in [0.25, 0.3) is 0 Å². The van der Waals surface area contributed by atoms with E-state index in [1.54, 1.807) is 0 Å². The molecule has 0 aliphatic carbocycles. The summed E-state index contributed by atoms with van der Waals surface area (Å²) in [5.74, 6) is 0.00227. The van der Waals surface area contributed by atoms with Crippen molar-refractivity contribution < 1.29 is 13.7 Å². The van der Waals surface area contributed by atoms with Crippen molar-refractivity contribution in [1.82, 2.24) is 4.98 Å². The van der Waals surface area contributed by atoms with Crippen molar-refractivity contribution in [2.24, 2.45) is 0 Å². The molecule has 0 aliphatic heterocycles. The lowest BCUT2D eigenvalue weighted by molar-refractivity contribution is -0.385. The molecule has 1 heterocycles. The van der Waals surface area contributed by atoms with Gasteiger partial charge in [0.25, 0.3) is 6.43 Å². The predicted molar refractivity (Wildman–Crippen MR) is 50.1 cm³/mol. The quantitative estimate of drug-likeness (QED) is 0.623. The van der Waals surface area contributed by atoms with Gasteiger partial charge in [0.05, 0.1) is 11.5 Å². The number of rotatable bonds is 4. The minimum absolute atomic E-state index is 0.00227. The minimum atomic E-state index is -2.57. The Labute approximate surface area is 88.7 Å². The van der Waals surface area contributed by atoms with Gasteiger partial charge in [-0.2, -0.15) is 5.26 Å². The molecule has 0 fully saturated rings. The summed E-state index contributed by atoms with van der Waals surface area (Å²) in [5.41, 5.74) is -0.866. The number of aromatic nitrogens is 1. The number of nitriles is 1. The van der Waals surface area contributed by atoms with Gasteiger partial charge in [-0.15, -0.1) is 0 Å². The maximum absolute atomic E-state index is 11.8. The molecule has 0 saturated carbocycles. The first kappa shape index (κ1) is 11.8. The van der Waals surface area contributed by atoms with Crippen LogP contribution in [-0.2, 0) is 0 Å². The van der Waals surface area contributed by atoms with E-state index in [0.717, 1.165) is 6.07 Å². The lowest BCUT2D eigenvalue weighted by Gasteiger charge is -2.04. The van der Waals surface area contributed by atoms with E-state index in [2.05, 4.69) is 10.3 Å². The molecule has 1 rings (SSSR count). The summed E-state index contributed by atoms with van der Waals surface area (Å²) in [4.78, 5) is 13.2. The summed E-state index contributed by atoms with van der Waals surface area (Å²) in [7, 11) is 0. The molecule has 1 N–H and O–H groups in total. The van der Waals surface area contributed by atoms with Crippen LogP contribution < -0.4 is 5.32 Å². The minimum Gasteiger partial charge on any atom is -0.364 e. The van der Waals surface area contributed by atoms with E-state index in [4.69, 9.17) is 5.26 Å². The molecule has 84 valence electrons. The van der Waals surface area contributed by atoms with E-state index in [0.29, 0.717) is 0 Å².